The van der Waals surface area contributed by atoms with Gasteiger partial charge in [0.25, 0.3) is 0 Å². The van der Waals surface area contributed by atoms with Crippen molar-refractivity contribution in [2.24, 2.45) is 0 Å². The Morgan fingerprint density at radius 2 is 2.17 bits per heavy atom. The zero-order valence-corrected chi connectivity index (χ0v) is 12.4. The molecule has 0 radical (unpaired) electrons. The number of ether oxygens (including phenoxy) is 1. The van der Waals surface area contributed by atoms with Crippen LogP contribution in [0.5, 0.6) is 5.75 Å². The molecule has 2 rings (SSSR count). The number of carbonyl (C=O) groups is 1. The Balaban J connectivity index is 2.41. The van der Waals surface area contributed by atoms with Crippen LogP contribution in [0.3, 0.4) is 0 Å². The van der Waals surface area contributed by atoms with E-state index in [2.05, 4.69) is 15.9 Å². The lowest BCUT2D eigenvalue weighted by molar-refractivity contribution is -0.137. The predicted molar refractivity (Wildman–Crippen MR) is 69.7 cm³/mol. The van der Waals surface area contributed by atoms with Gasteiger partial charge in [0.05, 0.1) is 19.6 Å². The molecule has 8 heteroatoms. The molecule has 1 heterocycles. The summed E-state index contributed by atoms with van der Waals surface area (Å²) in [4.78, 5) is 11.3. The van der Waals surface area contributed by atoms with E-state index in [-0.39, 0.29) is 6.42 Å². The van der Waals surface area contributed by atoms with Crippen molar-refractivity contribution in [2.75, 3.05) is 7.11 Å². The first-order valence-electron chi connectivity index (χ1n) is 4.95. The van der Waals surface area contributed by atoms with E-state index in [0.29, 0.717) is 20.1 Å². The summed E-state index contributed by atoms with van der Waals surface area (Å²) in [5, 5.41) is 0. The molecular formula is C10H9BrClNO4S. The number of amides is 1. The number of halogens is 2. The fourth-order valence-corrected chi connectivity index (χ4v) is 3.65. The van der Waals surface area contributed by atoms with Gasteiger partial charge in [0.1, 0.15) is 5.75 Å². The Bertz CT molecular complexity index is 604. The molecule has 1 aliphatic rings. The van der Waals surface area contributed by atoms with E-state index in [9.17, 15) is 13.2 Å². The lowest BCUT2D eigenvalue weighted by atomic mass is 9.97. The second-order valence-corrected chi connectivity index (χ2v) is 6.98. The Hall–Kier alpha value is -0.790. The molecule has 0 aliphatic carbocycles. The summed E-state index contributed by atoms with van der Waals surface area (Å²) in [6.07, 6.45) is 0.109. The molecule has 1 amide bonds. The quantitative estimate of drug-likeness (QED) is 0.617. The maximum Gasteiger partial charge on any atom is 0.324 e. The summed E-state index contributed by atoms with van der Waals surface area (Å²) >= 11 is 3.32. The molecule has 1 saturated heterocycles. The standard InChI is InChI=1S/C10H9BrClNO4S/c1-17-6-2-3-8(11)7(4-6)9-5-10(14)13(9)18(12,15)16/h2-4,9H,5H2,1H3. The van der Waals surface area contributed by atoms with E-state index in [1.165, 1.54) is 7.11 Å². The Morgan fingerprint density at radius 3 is 2.67 bits per heavy atom. The topological polar surface area (TPSA) is 63.7 Å². The van der Waals surface area contributed by atoms with E-state index < -0.39 is 21.2 Å². The number of methoxy groups -OCH3 is 1. The first-order chi connectivity index (χ1) is 8.34. The molecule has 18 heavy (non-hydrogen) atoms. The van der Waals surface area contributed by atoms with Crippen LogP contribution in [0.2, 0.25) is 0 Å². The van der Waals surface area contributed by atoms with Gasteiger partial charge in [-0.3, -0.25) is 4.79 Å². The lowest BCUT2D eigenvalue weighted by Gasteiger charge is -2.37. The van der Waals surface area contributed by atoms with Gasteiger partial charge < -0.3 is 4.74 Å². The molecule has 1 unspecified atom stereocenters. The van der Waals surface area contributed by atoms with Gasteiger partial charge in [0.15, 0.2) is 0 Å². The first kappa shape index (κ1) is 13.6. The van der Waals surface area contributed by atoms with Crippen LogP contribution in [0.4, 0.5) is 0 Å². The van der Waals surface area contributed by atoms with Crippen molar-refractivity contribution < 1.29 is 17.9 Å². The molecule has 1 fully saturated rings. The van der Waals surface area contributed by atoms with E-state index >= 15 is 0 Å². The smallest absolute Gasteiger partial charge is 0.324 e. The molecule has 0 N–H and O–H groups in total. The first-order valence-corrected chi connectivity index (χ1v) is 8.01. The summed E-state index contributed by atoms with van der Waals surface area (Å²) in [6.45, 7) is 0. The largest absolute Gasteiger partial charge is 0.497 e. The van der Waals surface area contributed by atoms with E-state index in [1.54, 1.807) is 18.2 Å². The fourth-order valence-electron chi connectivity index (χ4n) is 1.81. The summed E-state index contributed by atoms with van der Waals surface area (Å²) in [5.41, 5.74) is 0.651. The maximum atomic E-state index is 11.3. The third-order valence-corrected chi connectivity index (χ3v) is 4.79. The highest BCUT2D eigenvalue weighted by molar-refractivity contribution is 9.10. The second kappa shape index (κ2) is 4.71. The number of β-lactam (4-membered cyclic amide) rings is 1. The van der Waals surface area contributed by atoms with Crippen LogP contribution in [0, 0.1) is 0 Å². The number of hydrogen-bond acceptors (Lipinski definition) is 4. The van der Waals surface area contributed by atoms with Crippen LogP contribution >= 0.6 is 26.6 Å². The van der Waals surface area contributed by atoms with Crippen LogP contribution in [-0.4, -0.2) is 25.7 Å². The van der Waals surface area contributed by atoms with Gasteiger partial charge in [0, 0.05) is 15.2 Å². The van der Waals surface area contributed by atoms with Crippen LogP contribution in [0.1, 0.15) is 18.0 Å². The molecule has 98 valence electrons. The maximum absolute atomic E-state index is 11.3. The van der Waals surface area contributed by atoms with Gasteiger partial charge in [0.2, 0.25) is 5.91 Å². The summed E-state index contributed by atoms with van der Waals surface area (Å²) < 4.78 is 29.0. The van der Waals surface area contributed by atoms with Gasteiger partial charge in [-0.1, -0.05) is 15.9 Å². The molecule has 0 spiro atoms. The van der Waals surface area contributed by atoms with Crippen molar-refractivity contribution in [1.82, 2.24) is 4.31 Å². The van der Waals surface area contributed by atoms with Crippen molar-refractivity contribution in [1.29, 1.82) is 0 Å². The molecule has 0 bridgehead atoms. The Labute approximate surface area is 117 Å². The minimum absolute atomic E-state index is 0.109. The predicted octanol–water partition coefficient (Wildman–Crippen LogP) is 2.21. The molecular weight excluding hydrogens is 346 g/mol. The van der Waals surface area contributed by atoms with Gasteiger partial charge in [-0.25, -0.2) is 4.31 Å². The van der Waals surface area contributed by atoms with Gasteiger partial charge in [-0.15, -0.1) is 0 Å². The minimum atomic E-state index is -4.05. The molecule has 0 saturated carbocycles. The number of carbonyl (C=O) groups excluding carboxylic acids is 1. The third-order valence-electron chi connectivity index (χ3n) is 2.69. The van der Waals surface area contributed by atoms with Crippen LogP contribution in [0.25, 0.3) is 0 Å². The van der Waals surface area contributed by atoms with Crippen LogP contribution < -0.4 is 4.74 Å². The third kappa shape index (κ3) is 2.34. The summed E-state index contributed by atoms with van der Waals surface area (Å²) in [5.74, 6) is 0.0733. The van der Waals surface area contributed by atoms with Gasteiger partial charge >= 0.3 is 9.24 Å². The van der Waals surface area contributed by atoms with Crippen LogP contribution in [-0.2, 0) is 14.0 Å². The Morgan fingerprint density at radius 1 is 1.50 bits per heavy atom. The zero-order valence-electron chi connectivity index (χ0n) is 9.26. The molecule has 1 atom stereocenters. The highest BCUT2D eigenvalue weighted by atomic mass is 79.9. The van der Waals surface area contributed by atoms with Crippen LogP contribution in [0.15, 0.2) is 22.7 Å². The second-order valence-electron chi connectivity index (χ2n) is 3.74. The lowest BCUT2D eigenvalue weighted by Crippen LogP contribution is -2.48. The zero-order chi connectivity index (χ0) is 13.5. The fraction of sp³-hybridized carbons (Fsp3) is 0.300. The monoisotopic (exact) mass is 353 g/mol. The highest BCUT2D eigenvalue weighted by Crippen LogP contribution is 2.42. The minimum Gasteiger partial charge on any atom is -0.497 e. The SMILES string of the molecule is COc1ccc(Br)c(C2CC(=O)N2S(=O)(=O)Cl)c1. The van der Waals surface area contributed by atoms with Crippen molar-refractivity contribution in [3.63, 3.8) is 0 Å². The van der Waals surface area contributed by atoms with E-state index in [0.717, 1.165) is 0 Å². The molecule has 5 nitrogen and oxygen atoms in total. The molecule has 0 aromatic heterocycles. The average molecular weight is 355 g/mol. The van der Waals surface area contributed by atoms with Crippen molar-refractivity contribution in [3.8, 4) is 5.75 Å². The molecule has 1 aromatic carbocycles. The average Bonchev–Trinajstić information content (AvgIpc) is 2.24. The molecule has 1 aromatic rings. The number of nitrogens with zero attached hydrogens (tertiary/aromatic N) is 1. The highest BCUT2D eigenvalue weighted by Gasteiger charge is 2.45. The Kier molecular flexibility index (Phi) is 3.57. The summed E-state index contributed by atoms with van der Waals surface area (Å²) in [6, 6.07) is 4.56. The summed E-state index contributed by atoms with van der Waals surface area (Å²) in [7, 11) is 2.69. The van der Waals surface area contributed by atoms with Crippen molar-refractivity contribution in [3.05, 3.63) is 28.2 Å². The normalized spacial score (nSPS) is 19.6. The number of hydrogen-bond donors (Lipinski definition) is 0. The van der Waals surface area contributed by atoms with E-state index in [4.69, 9.17) is 15.4 Å². The number of rotatable bonds is 3. The van der Waals surface area contributed by atoms with Crippen molar-refractivity contribution >= 4 is 41.8 Å². The molecule has 1 aliphatic heterocycles. The van der Waals surface area contributed by atoms with E-state index in [1.807, 2.05) is 0 Å². The number of benzene rings is 1. The van der Waals surface area contributed by atoms with Gasteiger partial charge in [-0.2, -0.15) is 8.42 Å². The van der Waals surface area contributed by atoms with Gasteiger partial charge in [-0.05, 0) is 23.8 Å². The van der Waals surface area contributed by atoms with Crippen molar-refractivity contribution in [2.45, 2.75) is 12.5 Å².